The second kappa shape index (κ2) is 7.99. The molecule has 152 valence electrons. The molecule has 2 aromatic rings. The van der Waals surface area contributed by atoms with Crippen LogP contribution < -0.4 is 14.8 Å². The number of nitrogens with zero attached hydrogens (tertiary/aromatic N) is 4. The zero-order valence-electron chi connectivity index (χ0n) is 15.9. The molecular weight excluding hydrogens is 375 g/mol. The van der Waals surface area contributed by atoms with E-state index < -0.39 is 11.9 Å². The molecule has 0 spiro atoms. The number of fused-ring (bicyclic) bond motifs is 1. The number of aromatic nitrogens is 2. The quantitative estimate of drug-likeness (QED) is 0.621. The second-order valence-corrected chi connectivity index (χ2v) is 6.39. The summed E-state index contributed by atoms with van der Waals surface area (Å²) in [4.78, 5) is 6.20. The first-order valence-electron chi connectivity index (χ1n) is 8.75. The zero-order chi connectivity index (χ0) is 20.3. The fraction of sp³-hybridized carbons (Fsp3) is 0.444. The van der Waals surface area contributed by atoms with Crippen molar-refractivity contribution in [3.05, 3.63) is 41.2 Å². The third-order valence-electron chi connectivity index (χ3n) is 4.13. The predicted octanol–water partition coefficient (Wildman–Crippen LogP) is 2.77. The van der Waals surface area contributed by atoms with E-state index >= 15 is 0 Å². The van der Waals surface area contributed by atoms with Gasteiger partial charge in [0.05, 0.1) is 6.54 Å². The van der Waals surface area contributed by atoms with E-state index in [4.69, 9.17) is 9.47 Å². The Labute approximate surface area is 160 Å². The number of ether oxygens (including phenoxy) is 2. The molecule has 0 atom stereocenters. The number of hydrogen-bond donors (Lipinski definition) is 1. The van der Waals surface area contributed by atoms with Crippen LogP contribution in [0.4, 0.5) is 13.2 Å². The number of nitrogens with one attached hydrogen (secondary N) is 1. The molecular formula is C18H22F3N5O2. The average Bonchev–Trinajstić information content (AvgIpc) is 3.23. The normalized spacial score (nSPS) is 13.7. The zero-order valence-corrected chi connectivity index (χ0v) is 15.9. The number of hydrogen-bond acceptors (Lipinski definition) is 4. The van der Waals surface area contributed by atoms with Crippen molar-refractivity contribution in [3.8, 4) is 11.5 Å². The number of guanidine groups is 1. The van der Waals surface area contributed by atoms with Crippen molar-refractivity contribution < 1.29 is 22.6 Å². The van der Waals surface area contributed by atoms with Crippen LogP contribution in [-0.2, 0) is 26.3 Å². The van der Waals surface area contributed by atoms with E-state index in [1.807, 2.05) is 37.1 Å². The molecule has 1 aliphatic rings. The van der Waals surface area contributed by atoms with Crippen molar-refractivity contribution in [3.63, 3.8) is 0 Å². The number of halogens is 3. The molecule has 0 saturated heterocycles. The molecule has 0 bridgehead atoms. The van der Waals surface area contributed by atoms with Crippen molar-refractivity contribution in [2.45, 2.75) is 26.2 Å². The van der Waals surface area contributed by atoms with Gasteiger partial charge >= 0.3 is 6.18 Å². The first-order valence-corrected chi connectivity index (χ1v) is 8.75. The first kappa shape index (κ1) is 19.8. The van der Waals surface area contributed by atoms with Crippen LogP contribution in [0.25, 0.3) is 0 Å². The lowest BCUT2D eigenvalue weighted by Crippen LogP contribution is -2.38. The largest absolute Gasteiger partial charge is 0.454 e. The SMILES string of the molecule is CCNC(=NCc1cn(C)nc1C(F)(F)F)N(C)Cc1ccc2c(c1)OCO2. The van der Waals surface area contributed by atoms with Crippen molar-refractivity contribution in [2.24, 2.45) is 12.0 Å². The maximum absolute atomic E-state index is 13.1. The van der Waals surface area contributed by atoms with Gasteiger partial charge < -0.3 is 19.7 Å². The third-order valence-corrected chi connectivity index (χ3v) is 4.13. The molecule has 10 heteroatoms. The van der Waals surface area contributed by atoms with Gasteiger partial charge in [0, 0.05) is 38.9 Å². The summed E-state index contributed by atoms with van der Waals surface area (Å²) in [6.45, 7) is 3.06. The van der Waals surface area contributed by atoms with Crippen molar-refractivity contribution in [1.29, 1.82) is 0 Å². The Kier molecular flexibility index (Phi) is 5.66. The lowest BCUT2D eigenvalue weighted by molar-refractivity contribution is -0.142. The standard InChI is InChI=1S/C18H22F3N5O2/c1-4-22-17(23-8-13-10-26(3)24-16(13)18(19,20)21)25(2)9-12-5-6-14-15(7-12)28-11-27-14/h5-7,10H,4,8-9,11H2,1-3H3,(H,22,23). The van der Waals surface area contributed by atoms with E-state index in [-0.39, 0.29) is 18.9 Å². The molecule has 0 amide bonds. The van der Waals surface area contributed by atoms with Crippen LogP contribution in [0.3, 0.4) is 0 Å². The molecule has 3 rings (SSSR count). The first-order chi connectivity index (χ1) is 13.3. The summed E-state index contributed by atoms with van der Waals surface area (Å²) in [6, 6.07) is 5.63. The minimum Gasteiger partial charge on any atom is -0.454 e. The Bertz CT molecular complexity index is 863. The van der Waals surface area contributed by atoms with Crippen molar-refractivity contribution >= 4 is 5.96 Å². The fourth-order valence-corrected chi connectivity index (χ4v) is 2.91. The number of rotatable bonds is 5. The third kappa shape index (κ3) is 4.49. The van der Waals surface area contributed by atoms with Gasteiger partial charge in [-0.15, -0.1) is 0 Å². The molecule has 1 aromatic heterocycles. The van der Waals surface area contributed by atoms with Crippen LogP contribution >= 0.6 is 0 Å². The van der Waals surface area contributed by atoms with Gasteiger partial charge in [-0.2, -0.15) is 18.3 Å². The average molecular weight is 397 g/mol. The van der Waals surface area contributed by atoms with Gasteiger partial charge in [-0.05, 0) is 24.6 Å². The van der Waals surface area contributed by atoms with Gasteiger partial charge in [0.25, 0.3) is 0 Å². The maximum Gasteiger partial charge on any atom is 0.435 e. The summed E-state index contributed by atoms with van der Waals surface area (Å²) >= 11 is 0. The fourth-order valence-electron chi connectivity index (χ4n) is 2.91. The molecule has 0 radical (unpaired) electrons. The molecule has 0 aliphatic carbocycles. The topological polar surface area (TPSA) is 63.9 Å². The highest BCUT2D eigenvalue weighted by atomic mass is 19.4. The predicted molar refractivity (Wildman–Crippen MR) is 97.1 cm³/mol. The summed E-state index contributed by atoms with van der Waals surface area (Å²) in [6.07, 6.45) is -3.17. The molecule has 1 N–H and O–H groups in total. The van der Waals surface area contributed by atoms with E-state index in [9.17, 15) is 13.2 Å². The van der Waals surface area contributed by atoms with Gasteiger partial charge in [0.2, 0.25) is 6.79 Å². The van der Waals surface area contributed by atoms with E-state index in [0.717, 1.165) is 10.2 Å². The van der Waals surface area contributed by atoms with E-state index in [0.29, 0.717) is 30.5 Å². The van der Waals surface area contributed by atoms with Crippen molar-refractivity contribution in [1.82, 2.24) is 20.0 Å². The smallest absolute Gasteiger partial charge is 0.435 e. The summed E-state index contributed by atoms with van der Waals surface area (Å²) in [5.41, 5.74) is 0.0876. The Balaban J connectivity index is 1.75. The Hall–Kier alpha value is -2.91. The lowest BCUT2D eigenvalue weighted by Gasteiger charge is -2.22. The number of benzene rings is 1. The van der Waals surface area contributed by atoms with Crippen LogP contribution in [0, 0.1) is 0 Å². The van der Waals surface area contributed by atoms with E-state index in [1.165, 1.54) is 13.2 Å². The minimum absolute atomic E-state index is 0.0295. The molecule has 2 heterocycles. The summed E-state index contributed by atoms with van der Waals surface area (Å²) in [5.74, 6) is 1.87. The highest BCUT2D eigenvalue weighted by Crippen LogP contribution is 2.33. The Morgan fingerprint density at radius 2 is 2.07 bits per heavy atom. The number of alkyl halides is 3. The van der Waals surface area contributed by atoms with Gasteiger partial charge in [-0.3, -0.25) is 4.68 Å². The molecule has 0 unspecified atom stereocenters. The number of aliphatic imine (C=N–C) groups is 1. The number of aryl methyl sites for hydroxylation is 1. The highest BCUT2D eigenvalue weighted by molar-refractivity contribution is 5.79. The Morgan fingerprint density at radius 1 is 1.32 bits per heavy atom. The molecule has 28 heavy (non-hydrogen) atoms. The highest BCUT2D eigenvalue weighted by Gasteiger charge is 2.36. The maximum atomic E-state index is 13.1. The van der Waals surface area contributed by atoms with Crippen LogP contribution in [0.15, 0.2) is 29.4 Å². The Morgan fingerprint density at radius 3 is 2.79 bits per heavy atom. The van der Waals surface area contributed by atoms with Gasteiger partial charge in [-0.25, -0.2) is 4.99 Å². The van der Waals surface area contributed by atoms with Crippen LogP contribution in [-0.4, -0.2) is 41.0 Å². The molecule has 0 saturated carbocycles. The summed E-state index contributed by atoms with van der Waals surface area (Å²) in [7, 11) is 3.28. The van der Waals surface area contributed by atoms with Crippen LogP contribution in [0.1, 0.15) is 23.7 Å². The van der Waals surface area contributed by atoms with Crippen LogP contribution in [0.5, 0.6) is 11.5 Å². The monoisotopic (exact) mass is 397 g/mol. The van der Waals surface area contributed by atoms with Gasteiger partial charge in [0.1, 0.15) is 0 Å². The lowest BCUT2D eigenvalue weighted by atomic mass is 10.2. The van der Waals surface area contributed by atoms with E-state index in [2.05, 4.69) is 15.4 Å². The van der Waals surface area contributed by atoms with Crippen molar-refractivity contribution in [2.75, 3.05) is 20.4 Å². The minimum atomic E-state index is -4.51. The van der Waals surface area contributed by atoms with Gasteiger partial charge in [-0.1, -0.05) is 6.07 Å². The second-order valence-electron chi connectivity index (χ2n) is 6.39. The van der Waals surface area contributed by atoms with E-state index in [1.54, 1.807) is 0 Å². The van der Waals surface area contributed by atoms with Crippen LogP contribution in [0.2, 0.25) is 0 Å². The molecule has 1 aromatic carbocycles. The molecule has 7 nitrogen and oxygen atoms in total. The van der Waals surface area contributed by atoms with Gasteiger partial charge in [0.15, 0.2) is 23.2 Å². The summed E-state index contributed by atoms with van der Waals surface area (Å²) < 4.78 is 51.2. The molecule has 0 fully saturated rings. The summed E-state index contributed by atoms with van der Waals surface area (Å²) in [5, 5.41) is 6.62. The molecule has 1 aliphatic heterocycles.